The molecule has 0 aliphatic carbocycles. The fourth-order valence-electron chi connectivity index (χ4n) is 2.44. The maximum absolute atomic E-state index is 14.5. The topological polar surface area (TPSA) is 96.9 Å². The lowest BCUT2D eigenvalue weighted by Gasteiger charge is -2.37. The van der Waals surface area contributed by atoms with Crippen molar-refractivity contribution >= 4 is 41.5 Å². The van der Waals surface area contributed by atoms with Crippen molar-refractivity contribution in [1.29, 1.82) is 0 Å². The summed E-state index contributed by atoms with van der Waals surface area (Å²) < 4.78 is 40.9. The van der Waals surface area contributed by atoms with E-state index in [0.717, 1.165) is 11.3 Å². The van der Waals surface area contributed by atoms with Gasteiger partial charge in [0.2, 0.25) is 0 Å². The lowest BCUT2D eigenvalue weighted by Crippen LogP contribution is -2.54. The van der Waals surface area contributed by atoms with Crippen LogP contribution in [0.1, 0.15) is 61.8 Å². The van der Waals surface area contributed by atoms with Gasteiger partial charge in [0.1, 0.15) is 34.7 Å². The van der Waals surface area contributed by atoms with Crippen LogP contribution < -0.4 is 9.70 Å². The first-order chi connectivity index (χ1) is 14.3. The van der Waals surface area contributed by atoms with Gasteiger partial charge >= 0.3 is 6.09 Å². The molecule has 0 spiro atoms. The Bertz CT molecular complexity index is 940. The van der Waals surface area contributed by atoms with Gasteiger partial charge in [-0.2, -0.15) is 4.39 Å². The standard InChI is InChI=1S/C21H38FN3O4S2Si/c1-14(2)13-15(23-19(27)29-20(3,4)5)18(26)24-31(28,16-11-12-30-17(16)22)25-32(9,10)21(6,7)8/h11-12,14-15H,13H2,1-10H3,(H,23,27)(H,24,25,26,28)/t15-,31?/m0/s1. The second kappa shape index (κ2) is 10.3. The van der Waals surface area contributed by atoms with Crippen molar-refractivity contribution in [1.82, 2.24) is 9.70 Å². The summed E-state index contributed by atoms with van der Waals surface area (Å²) in [5.74, 6) is -0.747. The van der Waals surface area contributed by atoms with E-state index in [4.69, 9.17) is 4.74 Å². The lowest BCUT2D eigenvalue weighted by atomic mass is 10.0. The molecule has 0 aromatic carbocycles. The summed E-state index contributed by atoms with van der Waals surface area (Å²) >= 11 is 0.796. The summed E-state index contributed by atoms with van der Waals surface area (Å²) in [6, 6.07) is 0.339. The number of carbonyl (C=O) groups is 2. The molecule has 11 heteroatoms. The minimum atomic E-state index is -3.62. The minimum Gasteiger partial charge on any atom is -0.444 e. The average Bonchev–Trinajstić information content (AvgIpc) is 2.97. The van der Waals surface area contributed by atoms with E-state index in [1.807, 2.05) is 47.7 Å². The molecule has 0 aliphatic rings. The fourth-order valence-corrected chi connectivity index (χ4v) is 9.08. The van der Waals surface area contributed by atoms with Crippen LogP contribution in [0.15, 0.2) is 20.7 Å². The molecule has 0 aliphatic heterocycles. The molecule has 0 saturated carbocycles. The van der Waals surface area contributed by atoms with Crippen molar-refractivity contribution < 1.29 is 22.9 Å². The van der Waals surface area contributed by atoms with Gasteiger partial charge in [0.15, 0.2) is 5.13 Å². The highest BCUT2D eigenvalue weighted by atomic mass is 32.2. The molecule has 1 unspecified atom stereocenters. The van der Waals surface area contributed by atoms with Crippen molar-refractivity contribution in [2.75, 3.05) is 0 Å². The molecule has 7 nitrogen and oxygen atoms in total. The van der Waals surface area contributed by atoms with Crippen LogP contribution >= 0.6 is 11.3 Å². The zero-order chi connectivity index (χ0) is 25.1. The second-order valence-corrected chi connectivity index (χ2v) is 18.9. The van der Waals surface area contributed by atoms with Crippen LogP contribution in [0.4, 0.5) is 9.18 Å². The molecule has 1 aromatic rings. The Morgan fingerprint density at radius 2 is 1.78 bits per heavy atom. The van der Waals surface area contributed by atoms with Crippen molar-refractivity contribution in [3.05, 3.63) is 16.6 Å². The van der Waals surface area contributed by atoms with Gasteiger partial charge in [-0.05, 0) is 49.6 Å². The zero-order valence-electron chi connectivity index (χ0n) is 20.8. The van der Waals surface area contributed by atoms with Gasteiger partial charge < -0.3 is 10.1 Å². The molecule has 0 bridgehead atoms. The van der Waals surface area contributed by atoms with Crippen LogP contribution in [0.25, 0.3) is 0 Å². The molecule has 2 atom stereocenters. The number of thiophene rings is 1. The third-order valence-electron chi connectivity index (χ3n) is 5.07. The van der Waals surface area contributed by atoms with Crippen molar-refractivity contribution in [3.63, 3.8) is 0 Å². The first-order valence-electron chi connectivity index (χ1n) is 10.6. The van der Waals surface area contributed by atoms with Crippen LogP contribution in [-0.4, -0.2) is 36.1 Å². The summed E-state index contributed by atoms with van der Waals surface area (Å²) in [4.78, 5) is 25.3. The molecule has 184 valence electrons. The van der Waals surface area contributed by atoms with E-state index in [-0.39, 0.29) is 22.3 Å². The van der Waals surface area contributed by atoms with Crippen molar-refractivity contribution in [2.24, 2.45) is 10.3 Å². The minimum absolute atomic E-state index is 0.0383. The van der Waals surface area contributed by atoms with Gasteiger partial charge in [0.25, 0.3) is 5.91 Å². The summed E-state index contributed by atoms with van der Waals surface area (Å²) in [5.41, 5.74) is -0.746. The molecular formula is C21H38FN3O4S2Si. The Morgan fingerprint density at radius 1 is 1.22 bits per heavy atom. The van der Waals surface area contributed by atoms with E-state index in [0.29, 0.717) is 0 Å². The molecule has 0 fully saturated rings. The van der Waals surface area contributed by atoms with Crippen molar-refractivity contribution in [3.8, 4) is 0 Å². The molecule has 0 radical (unpaired) electrons. The number of hydrogen-bond donors (Lipinski definition) is 2. The van der Waals surface area contributed by atoms with Gasteiger partial charge in [0.05, 0.1) is 0 Å². The highest BCUT2D eigenvalue weighted by Gasteiger charge is 2.40. The third kappa shape index (κ3) is 8.24. The maximum Gasteiger partial charge on any atom is 0.408 e. The Kier molecular flexibility index (Phi) is 9.26. The van der Waals surface area contributed by atoms with E-state index in [1.54, 1.807) is 20.8 Å². The number of halogens is 1. The van der Waals surface area contributed by atoms with Gasteiger partial charge in [-0.1, -0.05) is 47.7 Å². The van der Waals surface area contributed by atoms with E-state index in [9.17, 15) is 18.2 Å². The number of alkyl carbamates (subject to hydrolysis) is 1. The highest BCUT2D eigenvalue weighted by molar-refractivity contribution is 7.93. The maximum atomic E-state index is 14.5. The van der Waals surface area contributed by atoms with Gasteiger partial charge in [-0.3, -0.25) is 4.79 Å². The van der Waals surface area contributed by atoms with E-state index < -0.39 is 46.9 Å². The Balaban J connectivity index is 3.46. The second-order valence-electron chi connectivity index (χ2n) is 10.8. The van der Waals surface area contributed by atoms with Gasteiger partial charge in [-0.25, -0.2) is 13.4 Å². The van der Waals surface area contributed by atoms with Crippen molar-refractivity contribution in [2.45, 2.75) is 96.5 Å². The first-order valence-corrected chi connectivity index (χ1v) is 16.0. The van der Waals surface area contributed by atoms with E-state index in [1.165, 1.54) is 11.4 Å². The molecule has 1 rings (SSSR count). The molecule has 2 N–H and O–H groups in total. The fraction of sp³-hybridized carbons (Fsp3) is 0.714. The summed E-state index contributed by atoms with van der Waals surface area (Å²) in [5, 5.41) is 3.12. The van der Waals surface area contributed by atoms with Crippen LogP contribution in [0, 0.1) is 11.0 Å². The summed E-state index contributed by atoms with van der Waals surface area (Å²) in [6.07, 6.45) is -0.499. The quantitative estimate of drug-likeness (QED) is 0.463. The van der Waals surface area contributed by atoms with Crippen LogP contribution in [0.5, 0.6) is 0 Å². The zero-order valence-corrected chi connectivity index (χ0v) is 23.4. The molecule has 1 aromatic heterocycles. The van der Waals surface area contributed by atoms with Gasteiger partial charge in [-0.15, -0.1) is 15.7 Å². The number of nitrogens with zero attached hydrogens (tertiary/aromatic N) is 1. The normalized spacial score (nSPS) is 15.8. The van der Waals surface area contributed by atoms with Gasteiger partial charge in [0, 0.05) is 0 Å². The third-order valence-corrected chi connectivity index (χ3v) is 14.1. The molecule has 32 heavy (non-hydrogen) atoms. The van der Waals surface area contributed by atoms with Crippen LogP contribution in [0.3, 0.4) is 0 Å². The average molecular weight is 508 g/mol. The number of hydrogen-bond acceptors (Lipinski definition) is 5. The SMILES string of the molecule is CC(C)C[C@H](NC(=O)OC(C)(C)C)C(=O)N=S(=O)(N[Si](C)(C)C(C)(C)C)c1ccsc1F. The number of nitrogens with one attached hydrogen (secondary N) is 2. The Labute approximate surface area is 197 Å². The number of rotatable bonds is 7. The molecule has 2 amide bonds. The predicted octanol–water partition coefficient (Wildman–Crippen LogP) is 5.69. The smallest absolute Gasteiger partial charge is 0.408 e. The lowest BCUT2D eigenvalue weighted by molar-refractivity contribution is -0.120. The molecule has 0 saturated heterocycles. The number of amides is 2. The number of carbonyl (C=O) groups excluding carboxylic acids is 2. The highest BCUT2D eigenvalue weighted by Crippen LogP contribution is 2.36. The van der Waals surface area contributed by atoms with E-state index >= 15 is 0 Å². The Morgan fingerprint density at radius 3 is 2.19 bits per heavy atom. The Hall–Kier alpha value is -1.30. The molecule has 1 heterocycles. The molecular weight excluding hydrogens is 469 g/mol. The summed E-state index contributed by atoms with van der Waals surface area (Å²) in [6.45, 7) is 18.9. The summed E-state index contributed by atoms with van der Waals surface area (Å²) in [7, 11) is -6.08. The van der Waals surface area contributed by atoms with Crippen LogP contribution in [0.2, 0.25) is 18.1 Å². The first kappa shape index (κ1) is 28.7. The van der Waals surface area contributed by atoms with Crippen LogP contribution in [-0.2, 0) is 19.4 Å². The largest absolute Gasteiger partial charge is 0.444 e. The number of ether oxygens (including phenoxy) is 1. The monoisotopic (exact) mass is 507 g/mol. The van der Waals surface area contributed by atoms with E-state index in [2.05, 4.69) is 14.1 Å². The predicted molar refractivity (Wildman–Crippen MR) is 131 cm³/mol.